The predicted molar refractivity (Wildman–Crippen MR) is 446 cm³/mol. The van der Waals surface area contributed by atoms with E-state index in [1.54, 1.807) is 0 Å². The van der Waals surface area contributed by atoms with Crippen molar-refractivity contribution in [2.24, 2.45) is 0 Å². The molecule has 4 aromatic heterocycles. The second-order valence-corrected chi connectivity index (χ2v) is 35.2. The highest BCUT2D eigenvalue weighted by Gasteiger charge is 2.46. The number of para-hydroxylation sites is 2. The van der Waals surface area contributed by atoms with Crippen LogP contribution in [0, 0.1) is 0 Å². The predicted octanol–water partition coefficient (Wildman–Crippen LogP) is 16.7. The fraction of sp³-hybridized carbons (Fsp3) is 0.0204. The highest BCUT2D eigenvalue weighted by Crippen LogP contribution is 2.60. The van der Waals surface area contributed by atoms with E-state index in [4.69, 9.17) is 38.1 Å². The molecule has 3 aliphatic rings. The Morgan fingerprint density at radius 3 is 0.907 bits per heavy atom. The minimum atomic E-state index is -3.16. The summed E-state index contributed by atoms with van der Waals surface area (Å²) in [7, 11) is -6.32. The van der Waals surface area contributed by atoms with Gasteiger partial charge in [0.2, 0.25) is 11.9 Å². The van der Waals surface area contributed by atoms with Crippen molar-refractivity contribution < 1.29 is 13.7 Å². The Bertz CT molecular complexity index is 6680. The van der Waals surface area contributed by atoms with Crippen molar-refractivity contribution in [2.75, 3.05) is 0 Å². The molecule has 0 aliphatic heterocycles. The molecule has 0 amide bonds. The molecule has 19 aromatic rings. The van der Waals surface area contributed by atoms with Gasteiger partial charge in [-0.05, 0) is 99.1 Å². The lowest BCUT2D eigenvalue weighted by Crippen LogP contribution is -2.74. The third-order valence-electron chi connectivity index (χ3n) is 22.1. The van der Waals surface area contributed by atoms with Crippen LogP contribution >= 0.6 is 0 Å². The van der Waals surface area contributed by atoms with Gasteiger partial charge < -0.3 is 0 Å². The summed E-state index contributed by atoms with van der Waals surface area (Å²) in [5.74, 6) is -0.0717. The average Bonchev–Trinajstić information content (AvgIpc) is 1.33. The molecule has 0 saturated carbocycles. The second kappa shape index (κ2) is 25.6. The van der Waals surface area contributed by atoms with Gasteiger partial charge in [0.1, 0.15) is 0 Å². The summed E-state index contributed by atoms with van der Waals surface area (Å²) in [4.78, 5) is 32.1. The topological polar surface area (TPSA) is 87.2 Å². The van der Waals surface area contributed by atoms with Gasteiger partial charge in [0.15, 0.2) is 39.4 Å². The lowest BCUT2D eigenvalue weighted by Gasteiger charge is -2.43. The van der Waals surface area contributed by atoms with Crippen LogP contribution in [0.3, 0.4) is 0 Å². The number of nitrogens with zero attached hydrogens (tertiary/aromatic N) is 8. The van der Waals surface area contributed by atoms with Crippen LogP contribution in [0.4, 0.5) is 0 Å². The van der Waals surface area contributed by atoms with Crippen molar-refractivity contribution in [3.63, 3.8) is 0 Å². The van der Waals surface area contributed by atoms with Crippen LogP contribution in [0.15, 0.2) is 388 Å². The van der Waals surface area contributed by atoms with E-state index in [-0.39, 0.29) is 52.2 Å². The molecular formula is C98H66N8Si2. The first-order valence-electron chi connectivity index (χ1n) is 41.2. The molecule has 108 heavy (non-hydrogen) atoms. The maximum Gasteiger partial charge on any atom is 0.238 e. The van der Waals surface area contributed by atoms with Crippen LogP contribution in [0.25, 0.3) is 101 Å². The lowest BCUT2D eigenvalue weighted by molar-refractivity contribution is 0.767. The third-order valence-corrected chi connectivity index (χ3v) is 31.6. The smallest absolute Gasteiger partial charge is 0.238 e. The first-order chi connectivity index (χ1) is 57.7. The van der Waals surface area contributed by atoms with Crippen LogP contribution in [-0.4, -0.2) is 55.2 Å². The molecule has 8 nitrogen and oxygen atoms in total. The van der Waals surface area contributed by atoms with E-state index in [9.17, 15) is 5.48 Å². The number of rotatable bonds is 14. The van der Waals surface area contributed by atoms with Gasteiger partial charge in [-0.1, -0.05) is 364 Å². The Labute approximate surface area is 641 Å². The van der Waals surface area contributed by atoms with Gasteiger partial charge in [-0.3, -0.25) is 9.13 Å². The molecule has 0 fully saturated rings. The molecule has 0 radical (unpaired) electrons. The van der Waals surface area contributed by atoms with Crippen LogP contribution < -0.4 is 41.5 Å². The Balaban J connectivity index is 0.794. The third kappa shape index (κ3) is 9.74. The zero-order valence-corrected chi connectivity index (χ0v) is 59.9. The monoisotopic (exact) mass is 1420 g/mol. The normalized spacial score (nSPS) is 15.0. The minimum Gasteiger partial charge on any atom is -0.278 e. The van der Waals surface area contributed by atoms with E-state index in [0.717, 1.165) is 113 Å². The van der Waals surface area contributed by atoms with Crippen LogP contribution in [0.1, 0.15) is 58.9 Å². The molecule has 0 unspecified atom stereocenters. The molecule has 3 aliphatic carbocycles. The summed E-state index contributed by atoms with van der Waals surface area (Å²) in [6.07, 6.45) is 0. The quantitative estimate of drug-likeness (QED) is 0.0796. The van der Waals surface area contributed by atoms with Crippen molar-refractivity contribution in [3.05, 3.63) is 421 Å². The maximum absolute atomic E-state index is 9.50. The molecular weight excluding hydrogens is 1350 g/mol. The molecule has 22 rings (SSSR count). The van der Waals surface area contributed by atoms with Crippen molar-refractivity contribution in [1.82, 2.24) is 39.0 Å². The molecule has 0 spiro atoms. The number of benzene rings is 15. The molecule has 4 heterocycles. The van der Waals surface area contributed by atoms with E-state index < -0.39 is 82.5 Å². The Hall–Kier alpha value is -13.6. The van der Waals surface area contributed by atoms with E-state index in [0.29, 0.717) is 11.1 Å². The van der Waals surface area contributed by atoms with Crippen LogP contribution in [-0.2, 0) is 0 Å². The summed E-state index contributed by atoms with van der Waals surface area (Å²) in [5.41, 5.74) is 10.7. The molecule has 10 heteroatoms. The van der Waals surface area contributed by atoms with Gasteiger partial charge in [-0.15, -0.1) is 0 Å². The largest absolute Gasteiger partial charge is 0.278 e. The first kappa shape index (κ1) is 53.2. The zero-order chi connectivity index (χ0) is 80.0. The molecule has 506 valence electrons. The Morgan fingerprint density at radius 2 is 0.546 bits per heavy atom. The Morgan fingerprint density at radius 1 is 0.241 bits per heavy atom. The molecule has 0 N–H and O–H groups in total. The minimum absolute atomic E-state index is 0.0956. The van der Waals surface area contributed by atoms with E-state index >= 15 is 0 Å². The van der Waals surface area contributed by atoms with Gasteiger partial charge in [0.05, 0.1) is 35.8 Å². The van der Waals surface area contributed by atoms with Gasteiger partial charge in [0.25, 0.3) is 0 Å². The summed E-state index contributed by atoms with van der Waals surface area (Å²) in [5, 5.41) is 12.8. The molecule has 2 bridgehead atoms. The van der Waals surface area contributed by atoms with Crippen molar-refractivity contribution in [2.45, 2.75) is 11.8 Å². The van der Waals surface area contributed by atoms with Gasteiger partial charge in [0, 0.05) is 55.6 Å². The van der Waals surface area contributed by atoms with Crippen molar-refractivity contribution in [1.29, 1.82) is 0 Å². The molecule has 0 saturated heterocycles. The van der Waals surface area contributed by atoms with Gasteiger partial charge >= 0.3 is 0 Å². The summed E-state index contributed by atoms with van der Waals surface area (Å²) < 4.78 is 95.6. The second-order valence-electron chi connectivity index (χ2n) is 27.5. The zero-order valence-electron chi connectivity index (χ0n) is 67.9. The van der Waals surface area contributed by atoms with E-state index in [1.807, 2.05) is 94.1 Å². The summed E-state index contributed by atoms with van der Waals surface area (Å²) in [6.45, 7) is 0. The number of fused-ring (bicyclic) bond motifs is 6. The molecule has 15 aromatic carbocycles. The SMILES string of the molecule is [2H]c1c([2H])c([2H])c(-c2nc(-c3cccc([Si](c4ccccc4)(c4ccccc4)c4ccccc4)c3)nc(-n3c4ccccc4c4c5c(ccc43)C3c4ccccc4C5c4c3ccc3c4c4ccccc4n3-c3nc(-c4cccc([Si](c5ccccc5)(c5ccccc5)c5ccccc5)c4)nc(-c4c([2H])c([2H])c([2H])c([2H])c4[2H])n3)n2)c([2H])c1[2H]. The fourth-order valence-electron chi connectivity index (χ4n) is 17.8. The van der Waals surface area contributed by atoms with E-state index in [1.165, 1.54) is 5.56 Å². The highest BCUT2D eigenvalue weighted by atomic mass is 28.3. The maximum atomic E-state index is 9.50. The fourth-order valence-corrected chi connectivity index (χ4v) is 27.4. The average molecular weight is 1420 g/mol. The Kier molecular flexibility index (Phi) is 12.6. The number of aromatic nitrogens is 8. The summed E-state index contributed by atoms with van der Waals surface area (Å²) in [6, 6.07) is 109. The summed E-state index contributed by atoms with van der Waals surface area (Å²) >= 11 is 0. The highest BCUT2D eigenvalue weighted by molar-refractivity contribution is 7.20. The van der Waals surface area contributed by atoms with E-state index in [2.05, 4.69) is 243 Å². The lowest BCUT2D eigenvalue weighted by atomic mass is 9.59. The van der Waals surface area contributed by atoms with Gasteiger partial charge in [-0.2, -0.15) is 19.9 Å². The number of hydrogen-bond donors (Lipinski definition) is 0. The number of hydrogen-bond acceptors (Lipinski definition) is 6. The van der Waals surface area contributed by atoms with Gasteiger partial charge in [-0.25, -0.2) is 9.97 Å². The standard InChI is InChI=1S/C98H66N8Si2/c1-9-33-65(34-10-1)93-99-95(67-37-31-51-75(63-67)107(69-39-13-3-14-40-69,70-41-15-4-16-42-70)71-43-17-5-18-44-71)103-97(101-93)105-83-57-29-27-55-79(83)88-85(105)61-59-81-87-77-53-25-26-54-78(77)90(91(81)88)92-82(87)60-62-86-89(92)80-56-28-30-58-84(80)106(86)98-102-94(66-35-11-2-12-36-66)100-96(104-98)68-38-32-52-76(64-68)108(72-45-19-6-20-46-72,73-47-21-7-22-48-73)74-49-23-8-24-50-74/h1-64,87,90H/i1D,2D,9D,10D,11D,12D,33D,34D,35D,36D. The van der Waals surface area contributed by atoms with Crippen molar-refractivity contribution in [3.8, 4) is 57.4 Å². The van der Waals surface area contributed by atoms with Crippen molar-refractivity contribution >= 4 is 101 Å². The van der Waals surface area contributed by atoms with Crippen LogP contribution in [0.2, 0.25) is 0 Å². The van der Waals surface area contributed by atoms with Crippen LogP contribution in [0.5, 0.6) is 0 Å². The molecule has 0 atom stereocenters. The first-order valence-corrected chi connectivity index (χ1v) is 40.2.